The van der Waals surface area contributed by atoms with E-state index in [0.717, 1.165) is 22.4 Å². The van der Waals surface area contributed by atoms with E-state index in [0.29, 0.717) is 0 Å². The number of nitrogens with zero attached hydrogens (tertiary/aromatic N) is 1. The molecule has 0 aromatic carbocycles. The van der Waals surface area contributed by atoms with E-state index >= 15 is 0 Å². The van der Waals surface area contributed by atoms with Gasteiger partial charge in [0.15, 0.2) is 14.0 Å². The molecule has 1 fully saturated rings. The second kappa shape index (κ2) is 7.21. The van der Waals surface area contributed by atoms with Crippen LogP contribution < -0.4 is 0 Å². The number of carboxylic acid groups (broad SMARTS) is 1. The van der Waals surface area contributed by atoms with Crippen molar-refractivity contribution in [1.29, 1.82) is 0 Å². The van der Waals surface area contributed by atoms with Gasteiger partial charge in [0.05, 0.1) is 16.3 Å². The average Bonchev–Trinajstić information content (AvgIpc) is 2.87. The molecule has 130 valence electrons. The first-order valence-electron chi connectivity index (χ1n) is 8.04. The van der Waals surface area contributed by atoms with Gasteiger partial charge in [-0.1, -0.05) is 32.5 Å². The van der Waals surface area contributed by atoms with Gasteiger partial charge >= 0.3 is 5.97 Å². The molecule has 1 saturated heterocycles. The molecule has 5 nitrogen and oxygen atoms in total. The largest absolute Gasteiger partial charge is 0.477 e. The number of hydrogen-bond acceptors (Lipinski definition) is 5. The quantitative estimate of drug-likeness (QED) is 0.517. The molecule has 8 heteroatoms. The number of hydrogen-bond donors (Lipinski definition) is 1. The molecule has 1 N–H and O–H groups in total. The van der Waals surface area contributed by atoms with Crippen molar-refractivity contribution in [2.75, 3.05) is 6.26 Å². The number of rotatable bonds is 8. The van der Waals surface area contributed by atoms with E-state index in [9.17, 15) is 14.7 Å². The summed E-state index contributed by atoms with van der Waals surface area (Å²) in [6, 6.07) is 3.13. The highest BCUT2D eigenvalue weighted by Crippen LogP contribution is 2.53. The Morgan fingerprint density at radius 2 is 1.96 bits per heavy atom. The van der Waals surface area contributed by atoms with Crippen LogP contribution in [0.2, 0.25) is 18.1 Å². The lowest BCUT2D eigenvalue weighted by atomic mass is 9.92. The maximum Gasteiger partial charge on any atom is 0.354 e. The Kier molecular flexibility index (Phi) is 5.92. The molecular weight excluding hydrogens is 350 g/mol. The number of carbonyl (C=O) groups excluding carboxylic acids is 1. The van der Waals surface area contributed by atoms with E-state index in [1.54, 1.807) is 0 Å². The fraction of sp³-hybridized carbons (Fsp3) is 0.733. The third-order valence-corrected chi connectivity index (χ3v) is 12.3. The number of fused-ring (bicyclic) bond motifs is 1. The molecule has 2 aliphatic rings. The third-order valence-electron chi connectivity index (χ3n) is 5.01. The van der Waals surface area contributed by atoms with Crippen LogP contribution in [0.25, 0.3) is 0 Å². The van der Waals surface area contributed by atoms with Gasteiger partial charge in [0.25, 0.3) is 0 Å². The Morgan fingerprint density at radius 3 is 2.39 bits per heavy atom. The average molecular weight is 376 g/mol. The molecule has 0 unspecified atom stereocenters. The van der Waals surface area contributed by atoms with Gasteiger partial charge < -0.3 is 9.53 Å². The Morgan fingerprint density at radius 1 is 1.39 bits per heavy atom. The first-order valence-corrected chi connectivity index (χ1v) is 12.7. The molecule has 0 aromatic heterocycles. The molecule has 23 heavy (non-hydrogen) atoms. The Bertz CT molecular complexity index is 527. The van der Waals surface area contributed by atoms with Gasteiger partial charge in [0.2, 0.25) is 5.91 Å². The number of carboxylic acids is 1. The van der Waals surface area contributed by atoms with Gasteiger partial charge in [-0.25, -0.2) is 4.79 Å². The van der Waals surface area contributed by atoms with Gasteiger partial charge in [0, 0.05) is 0 Å². The number of thioether (sulfide) groups is 2. The molecular formula is C15H25NO4S2Si. The summed E-state index contributed by atoms with van der Waals surface area (Å²) < 4.78 is 7.16. The van der Waals surface area contributed by atoms with Crippen molar-refractivity contribution in [3.05, 3.63) is 9.93 Å². The minimum absolute atomic E-state index is 0.109. The summed E-state index contributed by atoms with van der Waals surface area (Å²) in [5, 5.41) is 9.26. The maximum absolute atomic E-state index is 12.6. The van der Waals surface area contributed by atoms with Crippen molar-refractivity contribution in [1.82, 2.24) is 4.90 Å². The fourth-order valence-corrected chi connectivity index (χ4v) is 8.66. The molecule has 0 radical (unpaired) electrons. The van der Waals surface area contributed by atoms with Crippen molar-refractivity contribution >= 4 is 43.7 Å². The third kappa shape index (κ3) is 3.10. The van der Waals surface area contributed by atoms with Crippen LogP contribution in [0.15, 0.2) is 9.93 Å². The van der Waals surface area contributed by atoms with Crippen molar-refractivity contribution in [2.45, 2.75) is 57.3 Å². The normalized spacial score (nSPS) is 25.4. The second-order valence-electron chi connectivity index (χ2n) is 5.95. The van der Waals surface area contributed by atoms with Crippen LogP contribution in [0.3, 0.4) is 0 Å². The van der Waals surface area contributed by atoms with Gasteiger partial charge in [-0.2, -0.15) is 0 Å². The van der Waals surface area contributed by atoms with Crippen molar-refractivity contribution in [3.63, 3.8) is 0 Å². The van der Waals surface area contributed by atoms with Crippen LogP contribution in [0.4, 0.5) is 0 Å². The molecule has 0 saturated carbocycles. The van der Waals surface area contributed by atoms with Gasteiger partial charge in [-0.05, 0) is 31.3 Å². The number of amides is 1. The summed E-state index contributed by atoms with van der Waals surface area (Å²) >= 11 is 2.88. The fourth-order valence-electron chi connectivity index (χ4n) is 3.35. The molecule has 2 aliphatic heterocycles. The topological polar surface area (TPSA) is 66.8 Å². The summed E-state index contributed by atoms with van der Waals surface area (Å²) in [5.74, 6) is -1.37. The highest BCUT2D eigenvalue weighted by atomic mass is 32.2. The van der Waals surface area contributed by atoms with Crippen molar-refractivity contribution < 1.29 is 19.1 Å². The summed E-state index contributed by atoms with van der Waals surface area (Å²) in [5.41, 5.74) is 0.144. The van der Waals surface area contributed by atoms with E-state index in [-0.39, 0.29) is 29.0 Å². The molecule has 2 rings (SSSR count). The minimum atomic E-state index is -1.78. The van der Waals surface area contributed by atoms with Crippen molar-refractivity contribution in [3.8, 4) is 0 Å². The number of carbonyl (C=O) groups is 2. The Hall–Kier alpha value is -0.443. The standard InChI is InChI=1S/C15H25NO4S2Si/c1-6-23(7-2,8-3)20-9(4)10-12(17)16-11(14(18)19)15(21-5)22-13(10)16/h9-10,13H,6-8H2,1-5H3,(H,18,19)/t9-,10+,13+/m0/s1. The molecule has 0 aromatic rings. The van der Waals surface area contributed by atoms with Crippen molar-refractivity contribution in [2.24, 2.45) is 5.92 Å². The lowest BCUT2D eigenvalue weighted by molar-refractivity contribution is -0.156. The van der Waals surface area contributed by atoms with Crippen LogP contribution in [0.1, 0.15) is 27.7 Å². The van der Waals surface area contributed by atoms with Crippen LogP contribution in [-0.4, -0.2) is 47.9 Å². The molecule has 0 spiro atoms. The molecule has 0 aliphatic carbocycles. The van der Waals surface area contributed by atoms with E-state index in [1.807, 2.05) is 13.2 Å². The summed E-state index contributed by atoms with van der Waals surface area (Å²) in [7, 11) is -1.78. The Labute approximate surface area is 147 Å². The van der Waals surface area contributed by atoms with Gasteiger partial charge in [-0.15, -0.1) is 11.8 Å². The van der Waals surface area contributed by atoms with Gasteiger partial charge in [0.1, 0.15) is 5.37 Å². The van der Waals surface area contributed by atoms with E-state index in [2.05, 4.69) is 20.8 Å². The predicted octanol–water partition coefficient (Wildman–Crippen LogP) is 3.54. The Balaban J connectivity index is 2.14. The van der Waals surface area contributed by atoms with E-state index in [4.69, 9.17) is 4.43 Å². The van der Waals surface area contributed by atoms with Crippen LogP contribution in [0.5, 0.6) is 0 Å². The van der Waals surface area contributed by atoms with Crippen LogP contribution in [-0.2, 0) is 14.0 Å². The zero-order chi connectivity index (χ0) is 17.4. The molecule has 3 atom stereocenters. The van der Waals surface area contributed by atoms with Crippen LogP contribution in [0, 0.1) is 5.92 Å². The monoisotopic (exact) mass is 375 g/mol. The first-order chi connectivity index (χ1) is 10.9. The summed E-state index contributed by atoms with van der Waals surface area (Å²) in [6.07, 6.45) is 1.69. The predicted molar refractivity (Wildman–Crippen MR) is 97.6 cm³/mol. The lowest BCUT2D eigenvalue weighted by Crippen LogP contribution is -2.62. The summed E-state index contributed by atoms with van der Waals surface area (Å²) in [4.78, 5) is 25.4. The smallest absolute Gasteiger partial charge is 0.354 e. The van der Waals surface area contributed by atoms with Gasteiger partial charge in [-0.3, -0.25) is 9.69 Å². The summed E-state index contributed by atoms with van der Waals surface area (Å²) in [6.45, 7) is 8.48. The zero-order valence-electron chi connectivity index (χ0n) is 14.3. The SMILES string of the molecule is CC[Si](CC)(CC)O[C@@H](C)[C@@H]1C(=O)N2C(C(=O)O)=C(SC)S[C@H]12. The number of aliphatic carboxylic acids is 1. The molecule has 2 heterocycles. The highest BCUT2D eigenvalue weighted by Gasteiger charge is 2.58. The zero-order valence-corrected chi connectivity index (χ0v) is 16.9. The van der Waals surface area contributed by atoms with E-state index in [1.165, 1.54) is 28.4 Å². The van der Waals surface area contributed by atoms with Crippen LogP contribution >= 0.6 is 23.5 Å². The number of β-lactam (4-membered cyclic amide) rings is 1. The molecule has 0 bridgehead atoms. The second-order valence-corrected chi connectivity index (χ2v) is 12.9. The lowest BCUT2D eigenvalue weighted by Gasteiger charge is -2.46. The molecule has 1 amide bonds. The highest BCUT2D eigenvalue weighted by molar-refractivity contribution is 8.22. The first kappa shape index (κ1) is 18.9. The maximum atomic E-state index is 12.6. The minimum Gasteiger partial charge on any atom is -0.477 e. The van der Waals surface area contributed by atoms with E-state index < -0.39 is 14.3 Å².